The first kappa shape index (κ1) is 16.3. The van der Waals surface area contributed by atoms with Crippen LogP contribution in [0.25, 0.3) is 0 Å². The standard InChI is InChI=1S/C13H12BrF2NO3/c1-7(14)3-11(13(19)20-2)17-12(18)8-4-9(15)6-10(16)5-8/h4-6,11H,1,3H2,2H3,(H,17,18)/t11-/m1/s1. The second-order valence-corrected chi connectivity index (χ2v) is 5.05. The van der Waals surface area contributed by atoms with Crippen molar-refractivity contribution in [2.75, 3.05) is 7.11 Å². The zero-order chi connectivity index (χ0) is 15.3. The van der Waals surface area contributed by atoms with E-state index in [0.717, 1.165) is 12.1 Å². The molecule has 108 valence electrons. The summed E-state index contributed by atoms with van der Waals surface area (Å²) in [6.45, 7) is 3.56. The van der Waals surface area contributed by atoms with Crippen LogP contribution in [0.5, 0.6) is 0 Å². The maximum atomic E-state index is 13.0. The molecule has 0 aromatic heterocycles. The summed E-state index contributed by atoms with van der Waals surface area (Å²) in [7, 11) is 1.17. The number of methoxy groups -OCH3 is 1. The number of hydrogen-bond acceptors (Lipinski definition) is 3. The molecule has 1 atom stereocenters. The van der Waals surface area contributed by atoms with Crippen LogP contribution in [0.4, 0.5) is 8.78 Å². The Hall–Kier alpha value is -1.76. The third kappa shape index (κ3) is 4.73. The molecule has 0 saturated carbocycles. The van der Waals surface area contributed by atoms with Gasteiger partial charge in [0, 0.05) is 18.1 Å². The lowest BCUT2D eigenvalue weighted by Crippen LogP contribution is -2.41. The Morgan fingerprint density at radius 3 is 2.35 bits per heavy atom. The molecule has 1 aromatic carbocycles. The van der Waals surface area contributed by atoms with Gasteiger partial charge in [-0.15, -0.1) is 0 Å². The maximum Gasteiger partial charge on any atom is 0.328 e. The molecule has 0 saturated heterocycles. The summed E-state index contributed by atoms with van der Waals surface area (Å²) in [5, 5.41) is 2.33. The zero-order valence-corrected chi connectivity index (χ0v) is 12.2. The van der Waals surface area contributed by atoms with Gasteiger partial charge in [-0.2, -0.15) is 0 Å². The number of carbonyl (C=O) groups excluding carboxylic acids is 2. The molecule has 0 unspecified atom stereocenters. The fourth-order valence-electron chi connectivity index (χ4n) is 1.48. The molecule has 0 fully saturated rings. The van der Waals surface area contributed by atoms with Gasteiger partial charge in [-0.1, -0.05) is 22.5 Å². The number of benzene rings is 1. The minimum absolute atomic E-state index is 0.0935. The third-order valence-electron chi connectivity index (χ3n) is 2.34. The summed E-state index contributed by atoms with van der Waals surface area (Å²) in [4.78, 5) is 23.4. The van der Waals surface area contributed by atoms with Gasteiger partial charge in [-0.25, -0.2) is 13.6 Å². The Morgan fingerprint density at radius 2 is 1.90 bits per heavy atom. The van der Waals surface area contributed by atoms with Crippen molar-refractivity contribution in [1.82, 2.24) is 5.32 Å². The van der Waals surface area contributed by atoms with Gasteiger partial charge in [-0.3, -0.25) is 4.79 Å². The predicted octanol–water partition coefficient (Wildman–Crippen LogP) is 2.53. The molecular formula is C13H12BrF2NO3. The Bertz CT molecular complexity index is 528. The Morgan fingerprint density at radius 1 is 1.35 bits per heavy atom. The van der Waals surface area contributed by atoms with Gasteiger partial charge in [0.1, 0.15) is 17.7 Å². The number of ether oxygens (including phenoxy) is 1. The van der Waals surface area contributed by atoms with Crippen molar-refractivity contribution < 1.29 is 23.1 Å². The fraction of sp³-hybridized carbons (Fsp3) is 0.231. The summed E-state index contributed by atoms with van der Waals surface area (Å²) >= 11 is 3.07. The van der Waals surface area contributed by atoms with Gasteiger partial charge in [0.15, 0.2) is 0 Å². The second kappa shape index (κ2) is 7.14. The first-order valence-electron chi connectivity index (χ1n) is 5.51. The lowest BCUT2D eigenvalue weighted by molar-refractivity contribution is -0.142. The van der Waals surface area contributed by atoms with Gasteiger partial charge in [0.2, 0.25) is 0 Å². The van der Waals surface area contributed by atoms with Crippen LogP contribution < -0.4 is 5.32 Å². The van der Waals surface area contributed by atoms with E-state index in [1.807, 2.05) is 0 Å². The van der Waals surface area contributed by atoms with Crippen molar-refractivity contribution >= 4 is 27.8 Å². The van der Waals surface area contributed by atoms with E-state index in [0.29, 0.717) is 10.5 Å². The van der Waals surface area contributed by atoms with Crippen LogP contribution in [0.3, 0.4) is 0 Å². The minimum atomic E-state index is -0.995. The first-order chi connectivity index (χ1) is 9.33. The molecular weight excluding hydrogens is 336 g/mol. The largest absolute Gasteiger partial charge is 0.467 e. The van der Waals surface area contributed by atoms with Gasteiger partial charge in [-0.05, 0) is 16.6 Å². The molecule has 0 radical (unpaired) electrons. The van der Waals surface area contributed by atoms with E-state index in [2.05, 4.69) is 32.6 Å². The highest BCUT2D eigenvalue weighted by Crippen LogP contribution is 2.13. The second-order valence-electron chi connectivity index (χ2n) is 3.93. The van der Waals surface area contributed by atoms with Crippen molar-refractivity contribution in [3.05, 3.63) is 46.5 Å². The predicted molar refractivity (Wildman–Crippen MR) is 72.3 cm³/mol. The molecule has 0 aliphatic carbocycles. The zero-order valence-electron chi connectivity index (χ0n) is 10.6. The smallest absolute Gasteiger partial charge is 0.328 e. The normalized spacial score (nSPS) is 11.6. The van der Waals surface area contributed by atoms with Crippen LogP contribution in [0.2, 0.25) is 0 Å². The number of nitrogens with one attached hydrogen (secondary N) is 1. The molecule has 1 aromatic rings. The summed E-state index contributed by atoms with van der Waals surface area (Å²) in [6, 6.07) is 1.39. The van der Waals surface area contributed by atoms with E-state index >= 15 is 0 Å². The molecule has 0 heterocycles. The summed E-state index contributed by atoms with van der Waals surface area (Å²) in [6.07, 6.45) is 0.0935. The average Bonchev–Trinajstić information content (AvgIpc) is 2.35. The molecule has 20 heavy (non-hydrogen) atoms. The Balaban J connectivity index is 2.89. The maximum absolute atomic E-state index is 13.0. The summed E-state index contributed by atoms with van der Waals surface area (Å²) < 4.78 is 31.1. The number of rotatable bonds is 5. The molecule has 1 N–H and O–H groups in total. The third-order valence-corrected chi connectivity index (χ3v) is 2.67. The molecule has 0 bridgehead atoms. The number of halogens is 3. The van der Waals surface area contributed by atoms with E-state index in [9.17, 15) is 18.4 Å². The molecule has 4 nitrogen and oxygen atoms in total. The van der Waals surface area contributed by atoms with Crippen molar-refractivity contribution in [3.63, 3.8) is 0 Å². The van der Waals surface area contributed by atoms with Crippen LogP contribution in [0, 0.1) is 11.6 Å². The van der Waals surface area contributed by atoms with Crippen LogP contribution in [-0.2, 0) is 9.53 Å². The number of carbonyl (C=O) groups is 2. The van der Waals surface area contributed by atoms with Gasteiger partial charge in [0.05, 0.1) is 7.11 Å². The van der Waals surface area contributed by atoms with Crippen molar-refractivity contribution in [3.8, 4) is 0 Å². The highest BCUT2D eigenvalue weighted by molar-refractivity contribution is 9.11. The number of esters is 1. The van der Waals surface area contributed by atoms with Crippen LogP contribution in [0.1, 0.15) is 16.8 Å². The lowest BCUT2D eigenvalue weighted by Gasteiger charge is -2.16. The quantitative estimate of drug-likeness (QED) is 0.832. The van der Waals surface area contributed by atoms with E-state index in [1.165, 1.54) is 7.11 Å². The van der Waals surface area contributed by atoms with Crippen LogP contribution in [0.15, 0.2) is 29.3 Å². The summed E-state index contributed by atoms with van der Waals surface area (Å²) in [5.74, 6) is -3.23. The topological polar surface area (TPSA) is 55.4 Å². The van der Waals surface area contributed by atoms with E-state index in [4.69, 9.17) is 0 Å². The van der Waals surface area contributed by atoms with E-state index in [-0.39, 0.29) is 12.0 Å². The van der Waals surface area contributed by atoms with Crippen LogP contribution in [-0.4, -0.2) is 25.0 Å². The lowest BCUT2D eigenvalue weighted by atomic mass is 10.1. The van der Waals surface area contributed by atoms with E-state index < -0.39 is 29.6 Å². The Labute approximate surface area is 122 Å². The van der Waals surface area contributed by atoms with E-state index in [1.54, 1.807) is 0 Å². The molecule has 0 spiro atoms. The van der Waals surface area contributed by atoms with Crippen molar-refractivity contribution in [2.24, 2.45) is 0 Å². The number of hydrogen-bond donors (Lipinski definition) is 1. The average molecular weight is 348 g/mol. The first-order valence-corrected chi connectivity index (χ1v) is 6.31. The molecule has 0 aliphatic rings. The molecule has 1 rings (SSSR count). The molecule has 0 aliphatic heterocycles. The monoisotopic (exact) mass is 347 g/mol. The van der Waals surface area contributed by atoms with Gasteiger partial charge < -0.3 is 10.1 Å². The van der Waals surface area contributed by atoms with Crippen LogP contribution >= 0.6 is 15.9 Å². The van der Waals surface area contributed by atoms with Crippen molar-refractivity contribution in [1.29, 1.82) is 0 Å². The highest BCUT2D eigenvalue weighted by atomic mass is 79.9. The Kier molecular flexibility index (Phi) is 5.82. The van der Waals surface area contributed by atoms with Crippen molar-refractivity contribution in [2.45, 2.75) is 12.5 Å². The summed E-state index contributed by atoms with van der Waals surface area (Å²) in [5.41, 5.74) is -0.225. The fourth-order valence-corrected chi connectivity index (χ4v) is 1.81. The van der Waals surface area contributed by atoms with Gasteiger partial charge in [0.25, 0.3) is 5.91 Å². The van der Waals surface area contributed by atoms with Gasteiger partial charge >= 0.3 is 5.97 Å². The molecule has 1 amide bonds. The highest BCUT2D eigenvalue weighted by Gasteiger charge is 2.23. The SMILES string of the molecule is C=C(Br)C[C@@H](NC(=O)c1cc(F)cc(F)c1)C(=O)OC. The minimum Gasteiger partial charge on any atom is -0.467 e. The number of amides is 1. The molecule has 7 heteroatoms.